The number of aryl methyl sites for hydroxylation is 1. The molecule has 90 valence electrons. The lowest BCUT2D eigenvalue weighted by Gasteiger charge is -2.01. The molecular formula is C13H15BrN2O. The van der Waals surface area contributed by atoms with Crippen LogP contribution in [0.5, 0.6) is 0 Å². The lowest BCUT2D eigenvalue weighted by Crippen LogP contribution is -2.22. The number of ketones is 1. The molecule has 0 unspecified atom stereocenters. The topological polar surface area (TPSA) is 44.9 Å². The van der Waals surface area contributed by atoms with E-state index in [4.69, 9.17) is 0 Å². The van der Waals surface area contributed by atoms with Gasteiger partial charge in [0.1, 0.15) is 0 Å². The standard InChI is InChI=1S/C13H15BrN2O/c1-3-15-7-11(17)12-8(2)16-13-9(12)5-4-6-10(13)14/h4-6,15-16H,3,7H2,1-2H3. The smallest absolute Gasteiger partial charge is 0.179 e. The third-order valence-electron chi connectivity index (χ3n) is 2.78. The number of benzene rings is 1. The van der Waals surface area contributed by atoms with Crippen LogP contribution in [0.4, 0.5) is 0 Å². The van der Waals surface area contributed by atoms with Crippen molar-refractivity contribution in [3.8, 4) is 0 Å². The molecule has 0 saturated carbocycles. The highest BCUT2D eigenvalue weighted by molar-refractivity contribution is 9.10. The molecule has 0 bridgehead atoms. The summed E-state index contributed by atoms with van der Waals surface area (Å²) in [5, 5.41) is 4.05. The quantitative estimate of drug-likeness (QED) is 0.852. The van der Waals surface area contributed by atoms with Gasteiger partial charge in [-0.15, -0.1) is 0 Å². The van der Waals surface area contributed by atoms with Crippen LogP contribution in [0.25, 0.3) is 10.9 Å². The third-order valence-corrected chi connectivity index (χ3v) is 3.45. The molecule has 0 atom stereocenters. The Morgan fingerprint density at radius 2 is 2.24 bits per heavy atom. The molecule has 0 saturated heterocycles. The first-order valence-corrected chi connectivity index (χ1v) is 6.45. The summed E-state index contributed by atoms with van der Waals surface area (Å²) in [6.45, 7) is 5.12. The molecule has 0 aliphatic rings. The van der Waals surface area contributed by atoms with Crippen molar-refractivity contribution in [2.45, 2.75) is 13.8 Å². The maximum absolute atomic E-state index is 12.1. The molecule has 1 aromatic carbocycles. The van der Waals surface area contributed by atoms with Crippen molar-refractivity contribution in [1.29, 1.82) is 0 Å². The first-order valence-electron chi connectivity index (χ1n) is 5.65. The van der Waals surface area contributed by atoms with Gasteiger partial charge in [0.2, 0.25) is 0 Å². The average molecular weight is 295 g/mol. The van der Waals surface area contributed by atoms with Crippen molar-refractivity contribution < 1.29 is 4.79 Å². The van der Waals surface area contributed by atoms with Gasteiger partial charge in [-0.2, -0.15) is 0 Å². The van der Waals surface area contributed by atoms with Crippen molar-refractivity contribution in [2.24, 2.45) is 0 Å². The Balaban J connectivity index is 2.50. The van der Waals surface area contributed by atoms with Crippen molar-refractivity contribution in [1.82, 2.24) is 10.3 Å². The van der Waals surface area contributed by atoms with E-state index in [2.05, 4.69) is 26.2 Å². The highest BCUT2D eigenvalue weighted by Crippen LogP contribution is 2.28. The van der Waals surface area contributed by atoms with E-state index >= 15 is 0 Å². The number of carbonyl (C=O) groups is 1. The minimum atomic E-state index is 0.133. The predicted octanol–water partition coefficient (Wildman–Crippen LogP) is 3.03. The number of hydrogen-bond acceptors (Lipinski definition) is 2. The van der Waals surface area contributed by atoms with Crippen molar-refractivity contribution in [2.75, 3.05) is 13.1 Å². The number of carbonyl (C=O) groups excluding carboxylic acids is 1. The second-order valence-electron chi connectivity index (χ2n) is 3.99. The monoisotopic (exact) mass is 294 g/mol. The molecule has 1 heterocycles. The number of rotatable bonds is 4. The van der Waals surface area contributed by atoms with Crippen LogP contribution in [-0.4, -0.2) is 23.9 Å². The summed E-state index contributed by atoms with van der Waals surface area (Å²) in [6, 6.07) is 5.89. The molecule has 2 rings (SSSR count). The number of halogens is 1. The first kappa shape index (κ1) is 12.3. The Morgan fingerprint density at radius 3 is 2.94 bits per heavy atom. The summed E-state index contributed by atoms with van der Waals surface area (Å²) in [6.07, 6.45) is 0. The second kappa shape index (κ2) is 5.02. The van der Waals surface area contributed by atoms with Crippen molar-refractivity contribution >= 4 is 32.6 Å². The van der Waals surface area contributed by atoms with Crippen molar-refractivity contribution in [3.63, 3.8) is 0 Å². The third kappa shape index (κ3) is 2.28. The van der Waals surface area contributed by atoms with Crippen LogP contribution in [0.3, 0.4) is 0 Å². The highest BCUT2D eigenvalue weighted by atomic mass is 79.9. The normalized spacial score (nSPS) is 11.0. The van der Waals surface area contributed by atoms with Gasteiger partial charge < -0.3 is 10.3 Å². The van der Waals surface area contributed by atoms with Gasteiger partial charge in [-0.1, -0.05) is 19.1 Å². The molecule has 0 spiro atoms. The van der Waals surface area contributed by atoms with E-state index in [1.54, 1.807) is 0 Å². The van der Waals surface area contributed by atoms with Crippen LogP contribution in [0, 0.1) is 6.92 Å². The maximum Gasteiger partial charge on any atom is 0.179 e. The molecular weight excluding hydrogens is 280 g/mol. The van der Waals surface area contributed by atoms with Crippen LogP contribution < -0.4 is 5.32 Å². The van der Waals surface area contributed by atoms with Crippen LogP contribution in [-0.2, 0) is 0 Å². The Labute approximate surface area is 109 Å². The van der Waals surface area contributed by atoms with Gasteiger partial charge in [0.05, 0.1) is 12.1 Å². The molecule has 4 heteroatoms. The molecule has 0 aliphatic heterocycles. The number of fused-ring (bicyclic) bond motifs is 1. The Hall–Kier alpha value is -1.13. The lowest BCUT2D eigenvalue weighted by molar-refractivity contribution is 0.0993. The molecule has 3 nitrogen and oxygen atoms in total. The van der Waals surface area contributed by atoms with Crippen LogP contribution in [0.2, 0.25) is 0 Å². The van der Waals surface area contributed by atoms with Crippen LogP contribution in [0.15, 0.2) is 22.7 Å². The number of H-pyrrole nitrogens is 1. The number of aromatic nitrogens is 1. The SMILES string of the molecule is CCNCC(=O)c1c(C)[nH]c2c(Br)cccc12. The van der Waals surface area contributed by atoms with Gasteiger partial charge in [-0.25, -0.2) is 0 Å². The summed E-state index contributed by atoms with van der Waals surface area (Å²) in [5.41, 5.74) is 2.71. The second-order valence-corrected chi connectivity index (χ2v) is 4.85. The first-order chi connectivity index (χ1) is 8.15. The maximum atomic E-state index is 12.1. The van der Waals surface area contributed by atoms with E-state index in [1.807, 2.05) is 32.0 Å². The van der Waals surface area contributed by atoms with E-state index in [1.165, 1.54) is 0 Å². The Kier molecular flexibility index (Phi) is 3.64. The number of aromatic amines is 1. The summed E-state index contributed by atoms with van der Waals surface area (Å²) in [5.74, 6) is 0.133. The number of para-hydroxylation sites is 1. The number of nitrogens with one attached hydrogen (secondary N) is 2. The number of Topliss-reactive ketones (excluding diaryl/α,β-unsaturated/α-hetero) is 1. The largest absolute Gasteiger partial charge is 0.357 e. The van der Waals surface area contributed by atoms with E-state index in [0.29, 0.717) is 6.54 Å². The number of likely N-dealkylation sites (N-methyl/N-ethyl adjacent to an activating group) is 1. The van der Waals surface area contributed by atoms with Gasteiger partial charge in [-0.3, -0.25) is 4.79 Å². The molecule has 0 fully saturated rings. The van der Waals surface area contributed by atoms with Gasteiger partial charge in [0, 0.05) is 21.1 Å². The fourth-order valence-electron chi connectivity index (χ4n) is 2.00. The fraction of sp³-hybridized carbons (Fsp3) is 0.308. The zero-order valence-corrected chi connectivity index (χ0v) is 11.5. The molecule has 0 radical (unpaired) electrons. The van der Waals surface area contributed by atoms with E-state index in [0.717, 1.165) is 33.2 Å². The lowest BCUT2D eigenvalue weighted by atomic mass is 10.1. The summed E-state index contributed by atoms with van der Waals surface area (Å²) >= 11 is 3.49. The van der Waals surface area contributed by atoms with Crippen LogP contribution in [0.1, 0.15) is 23.0 Å². The van der Waals surface area contributed by atoms with E-state index < -0.39 is 0 Å². The minimum absolute atomic E-state index is 0.133. The summed E-state index contributed by atoms with van der Waals surface area (Å²) in [4.78, 5) is 15.4. The fourth-order valence-corrected chi connectivity index (χ4v) is 2.46. The van der Waals surface area contributed by atoms with Gasteiger partial charge >= 0.3 is 0 Å². The van der Waals surface area contributed by atoms with Crippen LogP contribution >= 0.6 is 15.9 Å². The zero-order valence-electron chi connectivity index (χ0n) is 9.93. The molecule has 0 aliphatic carbocycles. The van der Waals surface area contributed by atoms with Gasteiger partial charge in [-0.05, 0) is 35.5 Å². The Bertz CT molecular complexity index is 560. The molecule has 17 heavy (non-hydrogen) atoms. The molecule has 2 aromatic rings. The highest BCUT2D eigenvalue weighted by Gasteiger charge is 2.16. The van der Waals surface area contributed by atoms with Gasteiger partial charge in [0.15, 0.2) is 5.78 Å². The predicted molar refractivity (Wildman–Crippen MR) is 73.6 cm³/mol. The molecule has 2 N–H and O–H groups in total. The number of hydrogen-bond donors (Lipinski definition) is 2. The van der Waals surface area contributed by atoms with Crippen molar-refractivity contribution in [3.05, 3.63) is 33.9 Å². The minimum Gasteiger partial charge on any atom is -0.357 e. The van der Waals surface area contributed by atoms with Gasteiger partial charge in [0.25, 0.3) is 0 Å². The molecule has 0 amide bonds. The van der Waals surface area contributed by atoms with E-state index in [-0.39, 0.29) is 5.78 Å². The average Bonchev–Trinajstić information content (AvgIpc) is 2.64. The zero-order chi connectivity index (χ0) is 12.4. The summed E-state index contributed by atoms with van der Waals surface area (Å²) in [7, 11) is 0. The Morgan fingerprint density at radius 1 is 1.47 bits per heavy atom. The summed E-state index contributed by atoms with van der Waals surface area (Å²) < 4.78 is 0.987. The van der Waals surface area contributed by atoms with E-state index in [9.17, 15) is 4.79 Å². The molecule has 1 aromatic heterocycles.